The van der Waals surface area contributed by atoms with Gasteiger partial charge >= 0.3 is 0 Å². The highest BCUT2D eigenvalue weighted by atomic mass is 16.5. The summed E-state index contributed by atoms with van der Waals surface area (Å²) in [6, 6.07) is 13.2. The Kier molecular flexibility index (Phi) is 6.63. The number of rotatable bonds is 7. The molecule has 2 aromatic carbocycles. The van der Waals surface area contributed by atoms with E-state index in [1.54, 1.807) is 32.4 Å². The van der Waals surface area contributed by atoms with Crippen LogP contribution in [-0.2, 0) is 11.3 Å². The molecule has 0 radical (unpaired) electrons. The van der Waals surface area contributed by atoms with Crippen molar-refractivity contribution in [2.45, 2.75) is 6.54 Å². The smallest absolute Gasteiger partial charge is 0.185 e. The Morgan fingerprint density at radius 2 is 1.81 bits per heavy atom. The SMILES string of the molecule is COc1ccccc1/C=C/C(=O)c1ccc(OC)c(CN2CCOCC2)c1. The minimum absolute atomic E-state index is 0.0493. The van der Waals surface area contributed by atoms with Crippen LogP contribution in [0.2, 0.25) is 0 Å². The van der Waals surface area contributed by atoms with E-state index in [0.717, 1.165) is 55.5 Å². The molecule has 27 heavy (non-hydrogen) atoms. The summed E-state index contributed by atoms with van der Waals surface area (Å²) < 4.78 is 16.2. The van der Waals surface area contributed by atoms with Gasteiger partial charge in [0.1, 0.15) is 11.5 Å². The number of hydrogen-bond acceptors (Lipinski definition) is 5. The van der Waals surface area contributed by atoms with Gasteiger partial charge in [-0.15, -0.1) is 0 Å². The van der Waals surface area contributed by atoms with Gasteiger partial charge < -0.3 is 14.2 Å². The Morgan fingerprint density at radius 3 is 2.56 bits per heavy atom. The van der Waals surface area contributed by atoms with Gasteiger partial charge in [0, 0.05) is 36.3 Å². The molecule has 5 nitrogen and oxygen atoms in total. The summed E-state index contributed by atoms with van der Waals surface area (Å²) in [5, 5.41) is 0. The summed E-state index contributed by atoms with van der Waals surface area (Å²) in [4.78, 5) is 15.0. The number of nitrogens with zero attached hydrogens (tertiary/aromatic N) is 1. The molecular weight excluding hydrogens is 342 g/mol. The number of para-hydroxylation sites is 1. The largest absolute Gasteiger partial charge is 0.496 e. The lowest BCUT2D eigenvalue weighted by molar-refractivity contribution is 0.0338. The van der Waals surface area contributed by atoms with Gasteiger partial charge in [0.2, 0.25) is 0 Å². The highest BCUT2D eigenvalue weighted by Crippen LogP contribution is 2.23. The number of benzene rings is 2. The summed E-state index contributed by atoms with van der Waals surface area (Å²) in [7, 11) is 3.27. The van der Waals surface area contributed by atoms with E-state index in [2.05, 4.69) is 4.90 Å². The van der Waals surface area contributed by atoms with Gasteiger partial charge in [0.25, 0.3) is 0 Å². The molecule has 0 aliphatic carbocycles. The highest BCUT2D eigenvalue weighted by Gasteiger charge is 2.15. The van der Waals surface area contributed by atoms with Crippen LogP contribution >= 0.6 is 0 Å². The first kappa shape index (κ1) is 19.1. The van der Waals surface area contributed by atoms with Gasteiger partial charge in [-0.1, -0.05) is 18.2 Å². The van der Waals surface area contributed by atoms with E-state index < -0.39 is 0 Å². The third kappa shape index (κ3) is 4.96. The quantitative estimate of drug-likeness (QED) is 0.554. The number of ketones is 1. The standard InChI is InChI=1S/C22H25NO4/c1-25-21-6-4-3-5-17(21)7-9-20(24)18-8-10-22(26-2)19(15-18)16-23-11-13-27-14-12-23/h3-10,15H,11-14,16H2,1-2H3/b9-7+. The third-order valence-corrected chi connectivity index (χ3v) is 4.62. The molecule has 1 saturated heterocycles. The molecule has 1 fully saturated rings. The number of allylic oxidation sites excluding steroid dienone is 1. The van der Waals surface area contributed by atoms with E-state index >= 15 is 0 Å². The molecule has 0 N–H and O–H groups in total. The fraction of sp³-hybridized carbons (Fsp3) is 0.318. The molecule has 0 saturated carbocycles. The Morgan fingerprint density at radius 1 is 1.07 bits per heavy atom. The highest BCUT2D eigenvalue weighted by molar-refractivity contribution is 6.07. The van der Waals surface area contributed by atoms with Crippen LogP contribution < -0.4 is 9.47 Å². The van der Waals surface area contributed by atoms with Crippen molar-refractivity contribution in [2.24, 2.45) is 0 Å². The predicted octanol–water partition coefficient (Wildman–Crippen LogP) is 3.43. The lowest BCUT2D eigenvalue weighted by Crippen LogP contribution is -2.35. The molecule has 0 atom stereocenters. The van der Waals surface area contributed by atoms with Crippen LogP contribution in [0.25, 0.3) is 6.08 Å². The van der Waals surface area contributed by atoms with E-state index in [4.69, 9.17) is 14.2 Å². The number of carbonyl (C=O) groups is 1. The molecule has 0 aromatic heterocycles. The first-order valence-electron chi connectivity index (χ1n) is 9.03. The zero-order valence-electron chi connectivity index (χ0n) is 15.8. The molecule has 1 aliphatic heterocycles. The van der Waals surface area contributed by atoms with Crippen molar-refractivity contribution < 1.29 is 19.0 Å². The van der Waals surface area contributed by atoms with Crippen molar-refractivity contribution in [1.29, 1.82) is 0 Å². The topological polar surface area (TPSA) is 48.0 Å². The van der Waals surface area contributed by atoms with Crippen LogP contribution in [0.1, 0.15) is 21.5 Å². The third-order valence-electron chi connectivity index (χ3n) is 4.62. The van der Waals surface area contributed by atoms with E-state index in [1.165, 1.54) is 0 Å². The van der Waals surface area contributed by atoms with Gasteiger partial charge in [0.05, 0.1) is 27.4 Å². The van der Waals surface area contributed by atoms with Crippen molar-refractivity contribution >= 4 is 11.9 Å². The van der Waals surface area contributed by atoms with Crippen molar-refractivity contribution in [3.05, 3.63) is 65.2 Å². The van der Waals surface area contributed by atoms with Gasteiger partial charge in [-0.25, -0.2) is 0 Å². The van der Waals surface area contributed by atoms with Gasteiger partial charge in [-0.05, 0) is 36.4 Å². The molecule has 0 amide bonds. The molecule has 0 bridgehead atoms. The average molecular weight is 367 g/mol. The van der Waals surface area contributed by atoms with Crippen molar-refractivity contribution in [3.8, 4) is 11.5 Å². The fourth-order valence-electron chi connectivity index (χ4n) is 3.12. The van der Waals surface area contributed by atoms with Gasteiger partial charge in [-0.3, -0.25) is 9.69 Å². The summed E-state index contributed by atoms with van der Waals surface area (Å²) >= 11 is 0. The first-order chi connectivity index (χ1) is 13.2. The maximum atomic E-state index is 12.7. The molecule has 5 heteroatoms. The van der Waals surface area contributed by atoms with Crippen LogP contribution in [-0.4, -0.2) is 51.2 Å². The molecular formula is C22H25NO4. The van der Waals surface area contributed by atoms with Gasteiger partial charge in [0.15, 0.2) is 5.78 Å². The second-order valence-corrected chi connectivity index (χ2v) is 6.35. The van der Waals surface area contributed by atoms with Crippen molar-refractivity contribution in [2.75, 3.05) is 40.5 Å². The number of hydrogen-bond donors (Lipinski definition) is 0. The van der Waals surface area contributed by atoms with Crippen LogP contribution in [0.3, 0.4) is 0 Å². The lowest BCUT2D eigenvalue weighted by atomic mass is 10.0. The Hall–Kier alpha value is -2.63. The number of ether oxygens (including phenoxy) is 3. The van der Waals surface area contributed by atoms with E-state index in [0.29, 0.717) is 5.56 Å². The fourth-order valence-corrected chi connectivity index (χ4v) is 3.12. The molecule has 142 valence electrons. The lowest BCUT2D eigenvalue weighted by Gasteiger charge is -2.27. The van der Waals surface area contributed by atoms with E-state index in [9.17, 15) is 4.79 Å². The summed E-state index contributed by atoms with van der Waals surface area (Å²) in [6.45, 7) is 3.99. The maximum Gasteiger partial charge on any atom is 0.185 e. The van der Waals surface area contributed by atoms with Crippen LogP contribution in [0.15, 0.2) is 48.5 Å². The summed E-state index contributed by atoms with van der Waals surface area (Å²) in [5.41, 5.74) is 2.52. The first-order valence-corrected chi connectivity index (χ1v) is 9.03. The number of carbonyl (C=O) groups excluding carboxylic acids is 1. The zero-order valence-corrected chi connectivity index (χ0v) is 15.8. The Labute approximate surface area is 160 Å². The predicted molar refractivity (Wildman–Crippen MR) is 105 cm³/mol. The number of morpholine rings is 1. The second kappa shape index (κ2) is 9.35. The average Bonchev–Trinajstić information content (AvgIpc) is 2.73. The Bertz CT molecular complexity index is 810. The molecule has 2 aromatic rings. The van der Waals surface area contributed by atoms with Gasteiger partial charge in [-0.2, -0.15) is 0 Å². The molecule has 1 heterocycles. The molecule has 0 unspecified atom stereocenters. The van der Waals surface area contributed by atoms with Crippen LogP contribution in [0.4, 0.5) is 0 Å². The van der Waals surface area contributed by atoms with E-state index in [1.807, 2.05) is 36.4 Å². The minimum atomic E-state index is -0.0493. The summed E-state index contributed by atoms with van der Waals surface area (Å²) in [5.74, 6) is 1.49. The minimum Gasteiger partial charge on any atom is -0.496 e. The maximum absolute atomic E-state index is 12.7. The van der Waals surface area contributed by atoms with Crippen molar-refractivity contribution in [1.82, 2.24) is 4.90 Å². The molecule has 0 spiro atoms. The number of methoxy groups -OCH3 is 2. The molecule has 3 rings (SSSR count). The Balaban J connectivity index is 1.78. The van der Waals surface area contributed by atoms with E-state index in [-0.39, 0.29) is 5.78 Å². The zero-order chi connectivity index (χ0) is 19.1. The second-order valence-electron chi connectivity index (χ2n) is 6.35. The monoisotopic (exact) mass is 367 g/mol. The normalized spacial score (nSPS) is 15.0. The van der Waals surface area contributed by atoms with Crippen LogP contribution in [0, 0.1) is 0 Å². The summed E-state index contributed by atoms with van der Waals surface area (Å²) in [6.07, 6.45) is 3.37. The van der Waals surface area contributed by atoms with Crippen LogP contribution in [0.5, 0.6) is 11.5 Å². The molecule has 1 aliphatic rings. The van der Waals surface area contributed by atoms with Crippen molar-refractivity contribution in [3.63, 3.8) is 0 Å².